The summed E-state index contributed by atoms with van der Waals surface area (Å²) < 4.78 is 8.90. The van der Waals surface area contributed by atoms with E-state index in [0.29, 0.717) is 17.5 Å². The van der Waals surface area contributed by atoms with Crippen LogP contribution in [0.5, 0.6) is 0 Å². The Hall–Kier alpha value is -7.89. The maximum Gasteiger partial charge on any atom is 0.167 e. The summed E-state index contributed by atoms with van der Waals surface area (Å²) in [6.07, 6.45) is 0. The maximum atomic E-state index is 6.55. The van der Waals surface area contributed by atoms with E-state index in [1.807, 2.05) is 24.3 Å². The highest BCUT2D eigenvalue weighted by Crippen LogP contribution is 2.40. The van der Waals surface area contributed by atoms with Gasteiger partial charge in [-0.2, -0.15) is 0 Å². The number of furan rings is 1. The van der Waals surface area contributed by atoms with Crippen molar-refractivity contribution in [1.29, 1.82) is 0 Å². The van der Waals surface area contributed by atoms with E-state index < -0.39 is 0 Å². The first-order chi connectivity index (χ1) is 28.7. The lowest BCUT2D eigenvalue weighted by Crippen LogP contribution is -2.01. The maximum absolute atomic E-state index is 6.55. The molecule has 3 heterocycles. The van der Waals surface area contributed by atoms with Crippen LogP contribution in [0.1, 0.15) is 0 Å². The van der Waals surface area contributed by atoms with Gasteiger partial charge in [0.2, 0.25) is 0 Å². The Kier molecular flexibility index (Phi) is 7.16. The Balaban J connectivity index is 1.14. The van der Waals surface area contributed by atoms with Crippen LogP contribution in [0.3, 0.4) is 0 Å². The molecule has 12 rings (SSSR count). The van der Waals surface area contributed by atoms with Gasteiger partial charge in [0.1, 0.15) is 11.2 Å². The van der Waals surface area contributed by atoms with Crippen molar-refractivity contribution in [1.82, 2.24) is 19.5 Å². The number of aromatic nitrogens is 4. The number of benzene rings is 9. The fourth-order valence-corrected chi connectivity index (χ4v) is 8.74. The predicted molar refractivity (Wildman–Crippen MR) is 238 cm³/mol. The van der Waals surface area contributed by atoms with Gasteiger partial charge in [0, 0.05) is 43.7 Å². The Morgan fingerprint density at radius 2 is 0.948 bits per heavy atom. The minimum atomic E-state index is 0.556. The molecule has 270 valence electrons. The third kappa shape index (κ3) is 5.07. The molecule has 0 aliphatic rings. The van der Waals surface area contributed by atoms with Crippen molar-refractivity contribution < 1.29 is 4.42 Å². The van der Waals surface area contributed by atoms with Crippen LogP contribution in [0.4, 0.5) is 0 Å². The number of nitrogens with zero attached hydrogens (tertiary/aromatic N) is 4. The standard InChI is InChI=1S/C53H32N4O/c1-3-13-33(14-4-1)36-27-29-46-44(31-36)45-32-37(28-30-47(45)57(46)38-17-5-2-6-18-38)51-54-52(42-22-11-16-35-26-25-34-15-7-8-19-39(34)49(35)42)56-53(55-51)43-23-12-21-41-40-20-9-10-24-48(40)58-50(41)43/h1-32H. The van der Waals surface area contributed by atoms with E-state index in [0.717, 1.165) is 87.8 Å². The summed E-state index contributed by atoms with van der Waals surface area (Å²) in [5.74, 6) is 1.75. The average molecular weight is 741 g/mol. The van der Waals surface area contributed by atoms with Crippen LogP contribution < -0.4 is 0 Å². The number of para-hydroxylation sites is 3. The summed E-state index contributed by atoms with van der Waals surface area (Å²) in [7, 11) is 0. The van der Waals surface area contributed by atoms with Crippen LogP contribution in [0.2, 0.25) is 0 Å². The predicted octanol–water partition coefficient (Wildman–Crippen LogP) is 13.8. The lowest BCUT2D eigenvalue weighted by atomic mass is 9.97. The molecule has 5 heteroatoms. The zero-order chi connectivity index (χ0) is 38.2. The summed E-state index contributed by atoms with van der Waals surface area (Å²) in [4.78, 5) is 15.9. The molecular formula is C53H32N4O. The normalized spacial score (nSPS) is 11.8. The largest absolute Gasteiger partial charge is 0.455 e. The lowest BCUT2D eigenvalue weighted by Gasteiger charge is -2.12. The highest BCUT2D eigenvalue weighted by molar-refractivity contribution is 6.15. The Bertz CT molecular complexity index is 3570. The van der Waals surface area contributed by atoms with Crippen LogP contribution in [-0.4, -0.2) is 19.5 Å². The summed E-state index contributed by atoms with van der Waals surface area (Å²) >= 11 is 0. The molecule has 0 N–H and O–H groups in total. The van der Waals surface area contributed by atoms with E-state index in [9.17, 15) is 0 Å². The molecule has 0 fully saturated rings. The van der Waals surface area contributed by atoms with Gasteiger partial charge in [0.15, 0.2) is 17.5 Å². The lowest BCUT2D eigenvalue weighted by molar-refractivity contribution is 0.669. The van der Waals surface area contributed by atoms with E-state index in [-0.39, 0.29) is 0 Å². The van der Waals surface area contributed by atoms with Gasteiger partial charge in [-0.25, -0.2) is 15.0 Å². The van der Waals surface area contributed by atoms with Crippen molar-refractivity contribution in [3.63, 3.8) is 0 Å². The van der Waals surface area contributed by atoms with Gasteiger partial charge in [-0.3, -0.25) is 0 Å². The highest BCUT2D eigenvalue weighted by Gasteiger charge is 2.21. The Morgan fingerprint density at radius 1 is 0.362 bits per heavy atom. The van der Waals surface area contributed by atoms with Crippen LogP contribution >= 0.6 is 0 Å². The first-order valence-corrected chi connectivity index (χ1v) is 19.5. The van der Waals surface area contributed by atoms with Crippen molar-refractivity contribution >= 4 is 65.3 Å². The molecule has 0 atom stereocenters. The SMILES string of the molecule is c1ccc(-c2ccc3c(c2)c2cc(-c4nc(-c5cccc6c5oc5ccccc56)nc(-c5cccc6ccc7ccccc7c56)n4)ccc2n3-c2ccccc2)cc1. The fraction of sp³-hybridized carbons (Fsp3) is 0. The molecule has 0 saturated heterocycles. The zero-order valence-corrected chi connectivity index (χ0v) is 31.2. The molecule has 9 aromatic carbocycles. The van der Waals surface area contributed by atoms with Gasteiger partial charge in [-0.15, -0.1) is 0 Å². The minimum Gasteiger partial charge on any atom is -0.455 e. The van der Waals surface area contributed by atoms with Gasteiger partial charge >= 0.3 is 0 Å². The number of rotatable bonds is 5. The molecule has 0 bridgehead atoms. The van der Waals surface area contributed by atoms with Crippen molar-refractivity contribution in [3.05, 3.63) is 194 Å². The molecule has 3 aromatic heterocycles. The number of hydrogen-bond acceptors (Lipinski definition) is 4. The van der Waals surface area contributed by atoms with E-state index in [2.05, 4.69) is 174 Å². The quantitative estimate of drug-likeness (QED) is 0.165. The molecule has 5 nitrogen and oxygen atoms in total. The van der Waals surface area contributed by atoms with E-state index in [4.69, 9.17) is 19.4 Å². The van der Waals surface area contributed by atoms with Crippen LogP contribution in [0, 0.1) is 0 Å². The Labute approximate surface area is 333 Å². The highest BCUT2D eigenvalue weighted by atomic mass is 16.3. The topological polar surface area (TPSA) is 56.7 Å². The second-order valence-electron chi connectivity index (χ2n) is 14.8. The van der Waals surface area contributed by atoms with Gasteiger partial charge < -0.3 is 8.98 Å². The van der Waals surface area contributed by atoms with Crippen LogP contribution in [0.15, 0.2) is 199 Å². The summed E-state index contributed by atoms with van der Waals surface area (Å²) in [5.41, 5.74) is 9.94. The van der Waals surface area contributed by atoms with E-state index >= 15 is 0 Å². The van der Waals surface area contributed by atoms with Gasteiger partial charge in [-0.1, -0.05) is 140 Å². The Morgan fingerprint density at radius 3 is 1.78 bits per heavy atom. The molecule has 0 aliphatic carbocycles. The van der Waals surface area contributed by atoms with Crippen molar-refractivity contribution in [3.8, 4) is 51.0 Å². The number of hydrogen-bond donors (Lipinski definition) is 0. The second-order valence-corrected chi connectivity index (χ2v) is 14.8. The van der Waals surface area contributed by atoms with Crippen molar-refractivity contribution in [2.75, 3.05) is 0 Å². The molecule has 0 amide bonds. The van der Waals surface area contributed by atoms with Crippen molar-refractivity contribution in [2.24, 2.45) is 0 Å². The average Bonchev–Trinajstić information content (AvgIpc) is 3.84. The van der Waals surface area contributed by atoms with Gasteiger partial charge in [0.05, 0.1) is 16.6 Å². The summed E-state index contributed by atoms with van der Waals surface area (Å²) in [5, 5.41) is 8.92. The van der Waals surface area contributed by atoms with E-state index in [1.54, 1.807) is 0 Å². The smallest absolute Gasteiger partial charge is 0.167 e. The first kappa shape index (κ1) is 32.4. The van der Waals surface area contributed by atoms with Gasteiger partial charge in [0.25, 0.3) is 0 Å². The zero-order valence-electron chi connectivity index (χ0n) is 31.2. The van der Waals surface area contributed by atoms with Crippen molar-refractivity contribution in [2.45, 2.75) is 0 Å². The molecule has 0 saturated carbocycles. The molecule has 0 unspecified atom stereocenters. The number of fused-ring (bicyclic) bond motifs is 9. The molecule has 0 radical (unpaired) electrons. The third-order valence-corrected chi connectivity index (χ3v) is 11.4. The molecule has 58 heavy (non-hydrogen) atoms. The summed E-state index contributed by atoms with van der Waals surface area (Å²) in [6, 6.07) is 68.1. The third-order valence-electron chi connectivity index (χ3n) is 11.4. The molecular weight excluding hydrogens is 709 g/mol. The summed E-state index contributed by atoms with van der Waals surface area (Å²) in [6.45, 7) is 0. The fourth-order valence-electron chi connectivity index (χ4n) is 8.74. The molecule has 12 aromatic rings. The first-order valence-electron chi connectivity index (χ1n) is 19.5. The monoisotopic (exact) mass is 740 g/mol. The van der Waals surface area contributed by atoms with E-state index in [1.165, 1.54) is 10.9 Å². The van der Waals surface area contributed by atoms with Crippen LogP contribution in [-0.2, 0) is 0 Å². The second kappa shape index (κ2) is 12.8. The van der Waals surface area contributed by atoms with Crippen LogP contribution in [0.25, 0.3) is 116 Å². The molecule has 0 spiro atoms. The van der Waals surface area contributed by atoms with Gasteiger partial charge in [-0.05, 0) is 81.9 Å². The molecule has 0 aliphatic heterocycles. The minimum absolute atomic E-state index is 0.556.